The van der Waals surface area contributed by atoms with E-state index < -0.39 is 0 Å². The molecule has 1 N–H and O–H groups in total. The molecule has 1 aliphatic heterocycles. The Morgan fingerprint density at radius 1 is 1.07 bits per heavy atom. The zero-order valence-electron chi connectivity index (χ0n) is 14.8. The predicted molar refractivity (Wildman–Crippen MR) is 107 cm³/mol. The van der Waals surface area contributed by atoms with Crippen molar-refractivity contribution < 1.29 is 9.15 Å². The second kappa shape index (κ2) is 7.82. The Morgan fingerprint density at radius 2 is 1.93 bits per heavy atom. The van der Waals surface area contributed by atoms with Crippen LogP contribution in [0.1, 0.15) is 12.5 Å². The molecule has 136 valence electrons. The highest BCUT2D eigenvalue weighted by Gasteiger charge is 2.10. The summed E-state index contributed by atoms with van der Waals surface area (Å²) in [6, 6.07) is 18.4. The first-order chi connectivity index (χ1) is 13.2. The maximum Gasteiger partial charge on any atom is 0.182 e. The van der Waals surface area contributed by atoms with Crippen molar-refractivity contribution in [1.29, 1.82) is 0 Å². The van der Waals surface area contributed by atoms with Gasteiger partial charge in [0.05, 0.1) is 0 Å². The molecule has 4 rings (SSSR count). The third-order valence-corrected chi connectivity index (χ3v) is 4.93. The monoisotopic (exact) mass is 378 g/mol. The largest absolute Gasteiger partial charge is 0.489 e. The average Bonchev–Trinajstić information content (AvgIpc) is 2.70. The van der Waals surface area contributed by atoms with Crippen LogP contribution in [0.3, 0.4) is 0 Å². The molecule has 2 aromatic carbocycles. The van der Waals surface area contributed by atoms with Gasteiger partial charge in [0, 0.05) is 23.6 Å². The quantitative estimate of drug-likeness (QED) is 0.394. The minimum Gasteiger partial charge on any atom is -0.489 e. The number of hydrogen-bond donors (Lipinski definition) is 1. The van der Waals surface area contributed by atoms with Gasteiger partial charge < -0.3 is 9.15 Å². The van der Waals surface area contributed by atoms with Crippen LogP contribution in [0.25, 0.3) is 22.6 Å². The van der Waals surface area contributed by atoms with Crippen molar-refractivity contribution in [1.82, 2.24) is 9.71 Å². The van der Waals surface area contributed by atoms with Gasteiger partial charge in [-0.05, 0) is 53.9 Å². The first kappa shape index (κ1) is 17.6. The van der Waals surface area contributed by atoms with Gasteiger partial charge in [0.15, 0.2) is 16.8 Å². The van der Waals surface area contributed by atoms with Crippen molar-refractivity contribution in [3.8, 4) is 17.2 Å². The molecule has 0 saturated carbocycles. The molecule has 27 heavy (non-hydrogen) atoms. The molecule has 0 saturated heterocycles. The molecule has 0 radical (unpaired) electrons. The molecule has 1 aliphatic carbocycles. The lowest BCUT2D eigenvalue weighted by atomic mass is 10.2. The number of nitrogens with one attached hydrogen (secondary N) is 1. The van der Waals surface area contributed by atoms with E-state index in [1.807, 2.05) is 12.1 Å². The van der Waals surface area contributed by atoms with Crippen LogP contribution in [0, 0.1) is 0 Å². The van der Waals surface area contributed by atoms with Crippen LogP contribution in [0.2, 0.25) is 0 Å². The number of hydrogen-bond acceptors (Lipinski definition) is 6. The summed E-state index contributed by atoms with van der Waals surface area (Å²) >= 11 is 1.61. The summed E-state index contributed by atoms with van der Waals surface area (Å²) in [6.07, 6.45) is 0. The number of nitrogens with zero attached hydrogens (tertiary/aromatic N) is 1. The van der Waals surface area contributed by atoms with E-state index in [9.17, 15) is 4.79 Å². The van der Waals surface area contributed by atoms with Crippen LogP contribution >= 0.6 is 11.9 Å². The predicted octanol–water partition coefficient (Wildman–Crippen LogP) is 4.49. The molecule has 0 aromatic heterocycles. The lowest BCUT2D eigenvalue weighted by molar-refractivity contribution is 0.306. The summed E-state index contributed by atoms with van der Waals surface area (Å²) in [5.41, 5.74) is 2.95. The fourth-order valence-corrected chi connectivity index (χ4v) is 3.23. The molecule has 1 heterocycles. The Bertz CT molecular complexity index is 1090. The average molecular weight is 378 g/mol. The Hall–Kier alpha value is -2.83. The Balaban J connectivity index is 1.51. The molecule has 6 heteroatoms. The van der Waals surface area contributed by atoms with Gasteiger partial charge in [-0.2, -0.15) is 0 Å². The molecule has 5 nitrogen and oxygen atoms in total. The van der Waals surface area contributed by atoms with Gasteiger partial charge in [0.25, 0.3) is 0 Å². The lowest BCUT2D eigenvalue weighted by Gasteiger charge is -2.09. The van der Waals surface area contributed by atoms with Crippen LogP contribution in [-0.2, 0) is 6.61 Å². The van der Waals surface area contributed by atoms with Gasteiger partial charge in [0.1, 0.15) is 23.6 Å². The standard InChI is InChI=1S/C21H18N2O3S/c1-2-22-27-17-7-3-14(4-8-17)13-25-16-6-10-19-21(12-16)26-20-11-15(24)5-9-18(20)23-19/h3-12,22H,2,13H2,1H3. The number of aromatic nitrogens is 1. The van der Waals surface area contributed by atoms with E-state index in [1.54, 1.807) is 24.1 Å². The SMILES string of the molecule is CCNSc1ccc(COc2ccc3nc4ccc(=O)cc-4oc3c2)cc1. The van der Waals surface area contributed by atoms with Gasteiger partial charge in [0.2, 0.25) is 0 Å². The fourth-order valence-electron chi connectivity index (χ4n) is 2.65. The van der Waals surface area contributed by atoms with E-state index in [2.05, 4.69) is 40.9 Å². The molecular weight excluding hydrogens is 360 g/mol. The highest BCUT2D eigenvalue weighted by molar-refractivity contribution is 7.97. The van der Waals surface area contributed by atoms with E-state index in [1.165, 1.54) is 17.0 Å². The van der Waals surface area contributed by atoms with Crippen LogP contribution in [0.5, 0.6) is 5.75 Å². The van der Waals surface area contributed by atoms with Crippen molar-refractivity contribution >= 4 is 23.0 Å². The van der Waals surface area contributed by atoms with Crippen LogP contribution in [0.15, 0.2) is 74.8 Å². The van der Waals surface area contributed by atoms with E-state index >= 15 is 0 Å². The van der Waals surface area contributed by atoms with Crippen molar-refractivity contribution in [2.45, 2.75) is 18.4 Å². The molecule has 0 unspecified atom stereocenters. The van der Waals surface area contributed by atoms with Crippen LogP contribution in [0.4, 0.5) is 0 Å². The van der Waals surface area contributed by atoms with Crippen molar-refractivity contribution in [3.63, 3.8) is 0 Å². The minimum atomic E-state index is -0.101. The normalized spacial score (nSPS) is 11.1. The van der Waals surface area contributed by atoms with Crippen molar-refractivity contribution in [2.24, 2.45) is 0 Å². The summed E-state index contributed by atoms with van der Waals surface area (Å²) in [7, 11) is 0. The number of benzene rings is 3. The van der Waals surface area contributed by atoms with Gasteiger partial charge in [-0.1, -0.05) is 19.1 Å². The fraction of sp³-hybridized carbons (Fsp3) is 0.143. The van der Waals surface area contributed by atoms with Gasteiger partial charge in [-0.3, -0.25) is 9.52 Å². The molecule has 0 spiro atoms. The smallest absolute Gasteiger partial charge is 0.182 e. The first-order valence-electron chi connectivity index (χ1n) is 8.67. The summed E-state index contributed by atoms with van der Waals surface area (Å²) in [5, 5.41) is 0. The third-order valence-electron chi connectivity index (χ3n) is 3.99. The topological polar surface area (TPSA) is 64.4 Å². The summed E-state index contributed by atoms with van der Waals surface area (Å²) in [5.74, 6) is 1.16. The lowest BCUT2D eigenvalue weighted by Crippen LogP contribution is -2.00. The van der Waals surface area contributed by atoms with E-state index in [4.69, 9.17) is 9.15 Å². The van der Waals surface area contributed by atoms with Crippen LogP contribution < -0.4 is 14.9 Å². The molecular formula is C21H18N2O3S. The molecule has 2 aromatic rings. The molecule has 0 amide bonds. The van der Waals surface area contributed by atoms with Crippen molar-refractivity contribution in [3.05, 3.63) is 76.5 Å². The van der Waals surface area contributed by atoms with E-state index in [0.717, 1.165) is 17.6 Å². The highest BCUT2D eigenvalue weighted by Crippen LogP contribution is 2.27. The zero-order valence-corrected chi connectivity index (χ0v) is 15.6. The zero-order chi connectivity index (χ0) is 18.6. The second-order valence-corrected chi connectivity index (χ2v) is 6.97. The summed E-state index contributed by atoms with van der Waals surface area (Å²) in [6.45, 7) is 3.45. The minimum absolute atomic E-state index is 0.101. The van der Waals surface area contributed by atoms with Crippen molar-refractivity contribution in [2.75, 3.05) is 6.54 Å². The van der Waals surface area contributed by atoms with Gasteiger partial charge >= 0.3 is 0 Å². The Morgan fingerprint density at radius 3 is 2.74 bits per heavy atom. The van der Waals surface area contributed by atoms with Gasteiger partial charge in [-0.25, -0.2) is 4.98 Å². The number of rotatable bonds is 6. The van der Waals surface area contributed by atoms with E-state index in [0.29, 0.717) is 29.4 Å². The summed E-state index contributed by atoms with van der Waals surface area (Å²) in [4.78, 5) is 17.2. The van der Waals surface area contributed by atoms with Gasteiger partial charge in [-0.15, -0.1) is 0 Å². The maximum absolute atomic E-state index is 11.5. The molecule has 0 fully saturated rings. The Labute approximate surface area is 160 Å². The third kappa shape index (κ3) is 4.13. The summed E-state index contributed by atoms with van der Waals surface area (Å²) < 4.78 is 14.9. The molecule has 2 aliphatic rings. The number of fused-ring (bicyclic) bond motifs is 2. The highest BCUT2D eigenvalue weighted by atomic mass is 32.2. The van der Waals surface area contributed by atoms with Crippen LogP contribution in [-0.4, -0.2) is 11.5 Å². The van der Waals surface area contributed by atoms with E-state index in [-0.39, 0.29) is 5.43 Å². The maximum atomic E-state index is 11.5. The Kier molecular flexibility index (Phi) is 5.09. The number of ether oxygens (including phenoxy) is 1. The first-order valence-corrected chi connectivity index (χ1v) is 9.49. The second-order valence-electron chi connectivity index (χ2n) is 6.01. The molecule has 0 atom stereocenters. The molecule has 0 bridgehead atoms.